The van der Waals surface area contributed by atoms with E-state index in [0.717, 1.165) is 5.92 Å². The van der Waals surface area contributed by atoms with Gasteiger partial charge >= 0.3 is 0 Å². The van der Waals surface area contributed by atoms with Crippen molar-refractivity contribution >= 4 is 12.2 Å². The summed E-state index contributed by atoms with van der Waals surface area (Å²) in [4.78, 5) is 0. The normalized spacial score (nSPS) is 16.7. The number of hydrogen-bond donors (Lipinski definition) is 0. The first kappa shape index (κ1) is 8.55. The molecular formula is C13H16. The lowest BCUT2D eigenvalue weighted by atomic mass is 9.99. The van der Waals surface area contributed by atoms with Gasteiger partial charge in [-0.1, -0.05) is 49.8 Å². The Balaban J connectivity index is 2.46. The molecule has 0 heteroatoms. The molecule has 0 N–H and O–H groups in total. The van der Waals surface area contributed by atoms with Crippen molar-refractivity contribution in [2.75, 3.05) is 0 Å². The Morgan fingerprint density at radius 3 is 2.08 bits per heavy atom. The lowest BCUT2D eigenvalue weighted by Crippen LogP contribution is -2.22. The van der Waals surface area contributed by atoms with Gasteiger partial charge in [0, 0.05) is 0 Å². The van der Waals surface area contributed by atoms with Gasteiger partial charge in [0.2, 0.25) is 0 Å². The van der Waals surface area contributed by atoms with Gasteiger partial charge in [0.15, 0.2) is 0 Å². The van der Waals surface area contributed by atoms with Crippen LogP contribution < -0.4 is 10.4 Å². The van der Waals surface area contributed by atoms with Crippen LogP contribution >= 0.6 is 0 Å². The third-order valence-corrected chi connectivity index (χ3v) is 2.92. The average molecular weight is 172 g/mol. The molecule has 0 bridgehead atoms. The fourth-order valence-corrected chi connectivity index (χ4v) is 1.90. The molecule has 0 spiro atoms. The lowest BCUT2D eigenvalue weighted by Gasteiger charge is -2.06. The highest BCUT2D eigenvalue weighted by Gasteiger charge is 2.04. The van der Waals surface area contributed by atoms with E-state index in [-0.39, 0.29) is 0 Å². The summed E-state index contributed by atoms with van der Waals surface area (Å²) in [7, 11) is 0. The molecule has 0 nitrogen and oxygen atoms in total. The van der Waals surface area contributed by atoms with E-state index in [1.807, 2.05) is 0 Å². The van der Waals surface area contributed by atoms with Crippen molar-refractivity contribution in [1.82, 2.24) is 0 Å². The molecule has 0 atom stereocenters. The van der Waals surface area contributed by atoms with Gasteiger partial charge in [-0.3, -0.25) is 0 Å². The molecule has 0 heterocycles. The summed E-state index contributed by atoms with van der Waals surface area (Å²) in [5, 5.41) is 2.83. The Hall–Kier alpha value is -1.04. The van der Waals surface area contributed by atoms with Crippen molar-refractivity contribution in [3.05, 3.63) is 34.7 Å². The molecule has 1 aliphatic carbocycles. The molecule has 0 amide bonds. The monoisotopic (exact) mass is 172 g/mol. The van der Waals surface area contributed by atoms with E-state index in [1.54, 1.807) is 0 Å². The van der Waals surface area contributed by atoms with Crippen LogP contribution in [0.2, 0.25) is 0 Å². The van der Waals surface area contributed by atoms with Crippen LogP contribution in [0.3, 0.4) is 0 Å². The van der Waals surface area contributed by atoms with Crippen molar-refractivity contribution in [1.29, 1.82) is 0 Å². The molecule has 0 aliphatic heterocycles. The van der Waals surface area contributed by atoms with E-state index in [0.29, 0.717) is 0 Å². The van der Waals surface area contributed by atoms with Crippen molar-refractivity contribution in [3.63, 3.8) is 0 Å². The van der Waals surface area contributed by atoms with Crippen LogP contribution in [-0.2, 0) is 0 Å². The maximum atomic E-state index is 2.38. The molecule has 0 fully saturated rings. The second-order valence-corrected chi connectivity index (χ2v) is 3.78. The molecule has 13 heavy (non-hydrogen) atoms. The van der Waals surface area contributed by atoms with Crippen LogP contribution in [-0.4, -0.2) is 0 Å². The second-order valence-electron chi connectivity index (χ2n) is 3.78. The Morgan fingerprint density at radius 2 is 1.62 bits per heavy atom. The van der Waals surface area contributed by atoms with Gasteiger partial charge in [-0.2, -0.15) is 0 Å². The van der Waals surface area contributed by atoms with E-state index < -0.39 is 0 Å². The summed E-state index contributed by atoms with van der Waals surface area (Å²) in [5.41, 5.74) is 0. The molecule has 68 valence electrons. The summed E-state index contributed by atoms with van der Waals surface area (Å²) in [6.45, 7) is 2.28. The van der Waals surface area contributed by atoms with Crippen molar-refractivity contribution in [2.45, 2.75) is 26.2 Å². The molecule has 0 radical (unpaired) electrons. The highest BCUT2D eigenvalue weighted by molar-refractivity contribution is 5.35. The highest BCUT2D eigenvalue weighted by Crippen LogP contribution is 2.14. The van der Waals surface area contributed by atoms with Crippen LogP contribution in [0.25, 0.3) is 12.2 Å². The molecule has 1 aromatic rings. The van der Waals surface area contributed by atoms with Gasteiger partial charge < -0.3 is 0 Å². The quantitative estimate of drug-likeness (QED) is 0.608. The molecule has 0 unspecified atom stereocenters. The van der Waals surface area contributed by atoms with E-state index in [1.165, 1.54) is 29.7 Å². The molecule has 1 aromatic carbocycles. The number of benzene rings is 1. The minimum atomic E-state index is 0.854. The van der Waals surface area contributed by atoms with Crippen LogP contribution in [0.4, 0.5) is 0 Å². The summed E-state index contributed by atoms with van der Waals surface area (Å²) in [5.74, 6) is 0.854. The van der Waals surface area contributed by atoms with Gasteiger partial charge in [0.25, 0.3) is 0 Å². The summed E-state index contributed by atoms with van der Waals surface area (Å²) < 4.78 is 0. The van der Waals surface area contributed by atoms with Gasteiger partial charge in [0.05, 0.1) is 0 Å². The highest BCUT2D eigenvalue weighted by atomic mass is 14.1. The summed E-state index contributed by atoms with van der Waals surface area (Å²) in [6, 6.07) is 8.67. The summed E-state index contributed by atoms with van der Waals surface area (Å²) >= 11 is 0. The SMILES string of the molecule is CCC1CC=c2ccccc2=CC1. The predicted molar refractivity (Wildman–Crippen MR) is 57.6 cm³/mol. The Morgan fingerprint density at radius 1 is 1.08 bits per heavy atom. The zero-order chi connectivity index (χ0) is 9.10. The first-order valence-electron chi connectivity index (χ1n) is 5.15. The smallest absolute Gasteiger partial charge is 0.0227 e. The molecule has 0 aromatic heterocycles. The number of rotatable bonds is 1. The molecule has 2 rings (SSSR count). The maximum absolute atomic E-state index is 2.38. The Kier molecular flexibility index (Phi) is 2.49. The average Bonchev–Trinajstić information content (AvgIpc) is 2.39. The van der Waals surface area contributed by atoms with Crippen LogP contribution in [0.15, 0.2) is 24.3 Å². The Bertz CT molecular complexity index is 350. The zero-order valence-corrected chi connectivity index (χ0v) is 8.16. The van der Waals surface area contributed by atoms with Crippen molar-refractivity contribution in [2.24, 2.45) is 5.92 Å². The molecular weight excluding hydrogens is 156 g/mol. The third kappa shape index (κ3) is 1.82. The number of fused-ring (bicyclic) bond motifs is 1. The third-order valence-electron chi connectivity index (χ3n) is 2.92. The van der Waals surface area contributed by atoms with E-state index >= 15 is 0 Å². The van der Waals surface area contributed by atoms with Crippen molar-refractivity contribution < 1.29 is 0 Å². The lowest BCUT2D eigenvalue weighted by molar-refractivity contribution is 0.549. The number of hydrogen-bond acceptors (Lipinski definition) is 0. The molecule has 0 saturated carbocycles. The van der Waals surface area contributed by atoms with E-state index in [2.05, 4.69) is 43.3 Å². The maximum Gasteiger partial charge on any atom is -0.0227 e. The van der Waals surface area contributed by atoms with Gasteiger partial charge in [-0.05, 0) is 29.2 Å². The molecule has 1 aliphatic rings. The fourth-order valence-electron chi connectivity index (χ4n) is 1.90. The predicted octanol–water partition coefficient (Wildman–Crippen LogP) is 2.07. The standard InChI is InChI=1S/C13H16/c1-2-11-7-9-12-5-3-4-6-13(12)10-8-11/h3-6,9-11H,2,7-8H2,1H3. The van der Waals surface area contributed by atoms with E-state index in [4.69, 9.17) is 0 Å². The topological polar surface area (TPSA) is 0 Å². The zero-order valence-electron chi connectivity index (χ0n) is 8.16. The van der Waals surface area contributed by atoms with Gasteiger partial charge in [-0.15, -0.1) is 0 Å². The second kappa shape index (κ2) is 3.78. The molecule has 0 saturated heterocycles. The largest absolute Gasteiger partial charge is 0.0764 e. The van der Waals surface area contributed by atoms with Crippen LogP contribution in [0.1, 0.15) is 26.2 Å². The van der Waals surface area contributed by atoms with E-state index in [9.17, 15) is 0 Å². The van der Waals surface area contributed by atoms with Crippen molar-refractivity contribution in [3.8, 4) is 0 Å². The Labute approximate surface area is 79.6 Å². The minimum absolute atomic E-state index is 0.854. The van der Waals surface area contributed by atoms with Crippen LogP contribution in [0.5, 0.6) is 0 Å². The first-order valence-corrected chi connectivity index (χ1v) is 5.15. The van der Waals surface area contributed by atoms with Gasteiger partial charge in [0.1, 0.15) is 0 Å². The van der Waals surface area contributed by atoms with Crippen LogP contribution in [0, 0.1) is 5.92 Å². The minimum Gasteiger partial charge on any atom is -0.0764 e. The van der Waals surface area contributed by atoms with Gasteiger partial charge in [-0.25, -0.2) is 0 Å². The summed E-state index contributed by atoms with van der Waals surface area (Å²) in [6.07, 6.45) is 8.54. The fraction of sp³-hybridized carbons (Fsp3) is 0.385. The first-order chi connectivity index (χ1) is 6.40.